The van der Waals surface area contributed by atoms with Crippen molar-refractivity contribution in [2.24, 2.45) is 0 Å². The first-order chi connectivity index (χ1) is 12.7. The Morgan fingerprint density at radius 1 is 0.654 bits per heavy atom. The first kappa shape index (κ1) is 14.8. The van der Waals surface area contributed by atoms with Crippen molar-refractivity contribution in [3.8, 4) is 0 Å². The number of anilines is 1. The molecule has 0 atom stereocenters. The predicted molar refractivity (Wildman–Crippen MR) is 104 cm³/mol. The van der Waals surface area contributed by atoms with Crippen LogP contribution in [0.4, 0.5) is 5.69 Å². The molecule has 26 heavy (non-hydrogen) atoms. The van der Waals surface area contributed by atoms with Gasteiger partial charge in [0.25, 0.3) is 5.91 Å². The van der Waals surface area contributed by atoms with Crippen LogP contribution in [0, 0.1) is 0 Å². The van der Waals surface area contributed by atoms with E-state index in [4.69, 9.17) is 0 Å². The van der Waals surface area contributed by atoms with Crippen molar-refractivity contribution >= 4 is 38.9 Å². The van der Waals surface area contributed by atoms with Gasteiger partial charge < -0.3 is 5.32 Å². The summed E-state index contributed by atoms with van der Waals surface area (Å²) in [6.45, 7) is 0. The number of carbonyl (C=O) groups is 2. The number of rotatable bonds is 0. The van der Waals surface area contributed by atoms with Crippen LogP contribution in [0.3, 0.4) is 0 Å². The highest BCUT2D eigenvalue weighted by molar-refractivity contribution is 6.16. The maximum Gasteiger partial charge on any atom is 0.255 e. The lowest BCUT2D eigenvalue weighted by Gasteiger charge is -2.18. The molecular formula is C23H15NO2. The fraction of sp³-hybridized carbons (Fsp3) is 0.0435. The Kier molecular flexibility index (Phi) is 3.16. The molecule has 0 bridgehead atoms. The minimum atomic E-state index is -0.171. The van der Waals surface area contributed by atoms with Crippen molar-refractivity contribution in [2.75, 3.05) is 5.32 Å². The number of hydrogen-bond donors (Lipinski definition) is 1. The van der Waals surface area contributed by atoms with Crippen LogP contribution in [-0.2, 0) is 6.42 Å². The molecule has 1 heterocycles. The van der Waals surface area contributed by atoms with Gasteiger partial charge in [0.05, 0.1) is 5.69 Å². The summed E-state index contributed by atoms with van der Waals surface area (Å²) < 4.78 is 0. The van der Waals surface area contributed by atoms with Crippen LogP contribution in [0.2, 0.25) is 0 Å². The molecule has 1 N–H and O–H groups in total. The van der Waals surface area contributed by atoms with E-state index in [0.717, 1.165) is 27.1 Å². The summed E-state index contributed by atoms with van der Waals surface area (Å²) in [7, 11) is 0. The van der Waals surface area contributed by atoms with E-state index in [1.54, 1.807) is 0 Å². The molecule has 1 amide bonds. The Morgan fingerprint density at radius 3 is 1.85 bits per heavy atom. The van der Waals surface area contributed by atoms with E-state index in [0.29, 0.717) is 16.8 Å². The van der Waals surface area contributed by atoms with E-state index in [1.807, 2.05) is 72.8 Å². The molecule has 3 heteroatoms. The fourth-order valence-electron chi connectivity index (χ4n) is 3.68. The molecule has 124 valence electrons. The smallest absolute Gasteiger partial charge is 0.255 e. The zero-order valence-corrected chi connectivity index (χ0v) is 14.0. The molecular weight excluding hydrogens is 322 g/mol. The van der Waals surface area contributed by atoms with E-state index in [9.17, 15) is 9.59 Å². The van der Waals surface area contributed by atoms with Gasteiger partial charge in [-0.3, -0.25) is 9.59 Å². The van der Waals surface area contributed by atoms with Crippen LogP contribution < -0.4 is 5.32 Å². The number of carbonyl (C=O) groups excluding carboxylic acids is 2. The van der Waals surface area contributed by atoms with E-state index in [1.165, 1.54) is 0 Å². The monoisotopic (exact) mass is 337 g/mol. The normalized spacial score (nSPS) is 13.7. The lowest BCUT2D eigenvalue weighted by atomic mass is 9.91. The van der Waals surface area contributed by atoms with Gasteiger partial charge in [-0.2, -0.15) is 0 Å². The molecule has 4 aromatic rings. The van der Waals surface area contributed by atoms with Gasteiger partial charge in [0, 0.05) is 17.5 Å². The highest BCUT2D eigenvalue weighted by Gasteiger charge is 2.23. The lowest BCUT2D eigenvalue weighted by molar-refractivity contribution is 0.0990. The SMILES string of the molecule is O=C1Nc2cc3ccccc3cc2C(=O)Cc2cc3ccccc3cc21. The standard InChI is InChI=1S/C23H15NO2/c25-22-13-18-9-14-5-1-2-6-15(14)10-19(18)23(26)24-21-12-17-8-4-3-7-16(17)11-20(21)22/h1-12H,13H2,(H,24,26). The van der Waals surface area contributed by atoms with Crippen molar-refractivity contribution in [1.29, 1.82) is 0 Å². The quantitative estimate of drug-likeness (QED) is 0.492. The molecule has 0 fully saturated rings. The summed E-state index contributed by atoms with van der Waals surface area (Å²) in [5.74, 6) is -0.155. The molecule has 4 aromatic carbocycles. The van der Waals surface area contributed by atoms with Crippen LogP contribution in [0.5, 0.6) is 0 Å². The fourth-order valence-corrected chi connectivity index (χ4v) is 3.68. The topological polar surface area (TPSA) is 46.2 Å². The second-order valence-corrected chi connectivity index (χ2v) is 6.66. The zero-order valence-electron chi connectivity index (χ0n) is 14.0. The van der Waals surface area contributed by atoms with E-state index in [-0.39, 0.29) is 18.1 Å². The van der Waals surface area contributed by atoms with Crippen molar-refractivity contribution < 1.29 is 9.59 Å². The van der Waals surface area contributed by atoms with E-state index in [2.05, 4.69) is 5.32 Å². The Bertz CT molecular complexity index is 1130. The molecule has 0 saturated carbocycles. The van der Waals surface area contributed by atoms with Gasteiger partial charge in [-0.25, -0.2) is 0 Å². The summed E-state index contributed by atoms with van der Waals surface area (Å²) in [6, 6.07) is 23.3. The predicted octanol–water partition coefficient (Wildman–Crippen LogP) is 4.98. The number of hydrogen-bond acceptors (Lipinski definition) is 2. The van der Waals surface area contributed by atoms with Gasteiger partial charge in [-0.15, -0.1) is 0 Å². The third kappa shape index (κ3) is 2.29. The van der Waals surface area contributed by atoms with Gasteiger partial charge in [0.1, 0.15) is 0 Å². The minimum absolute atomic E-state index is 0.0160. The summed E-state index contributed by atoms with van der Waals surface area (Å²) in [4.78, 5) is 25.8. The van der Waals surface area contributed by atoms with Gasteiger partial charge >= 0.3 is 0 Å². The zero-order chi connectivity index (χ0) is 17.7. The largest absolute Gasteiger partial charge is 0.321 e. The molecule has 0 aliphatic carbocycles. The Morgan fingerprint density at radius 2 is 1.19 bits per heavy atom. The van der Waals surface area contributed by atoms with Gasteiger partial charge in [-0.05, 0) is 51.4 Å². The molecule has 0 aromatic heterocycles. The average molecular weight is 337 g/mol. The third-order valence-electron chi connectivity index (χ3n) is 5.00. The highest BCUT2D eigenvalue weighted by atomic mass is 16.2. The summed E-state index contributed by atoms with van der Waals surface area (Å²) in [5, 5.41) is 6.97. The Labute approximate surface area is 150 Å². The summed E-state index contributed by atoms with van der Waals surface area (Å²) >= 11 is 0. The Hall–Kier alpha value is -3.46. The molecule has 5 rings (SSSR count). The first-order valence-electron chi connectivity index (χ1n) is 8.58. The van der Waals surface area contributed by atoms with Crippen LogP contribution in [0.1, 0.15) is 26.3 Å². The molecule has 0 saturated heterocycles. The summed E-state index contributed by atoms with van der Waals surface area (Å²) in [6.07, 6.45) is 0.221. The maximum atomic E-state index is 13.0. The number of amides is 1. The van der Waals surface area contributed by atoms with E-state index < -0.39 is 0 Å². The van der Waals surface area contributed by atoms with Gasteiger partial charge in [0.2, 0.25) is 0 Å². The van der Waals surface area contributed by atoms with Crippen molar-refractivity contribution in [2.45, 2.75) is 6.42 Å². The third-order valence-corrected chi connectivity index (χ3v) is 5.00. The van der Waals surface area contributed by atoms with Crippen LogP contribution in [0.25, 0.3) is 21.5 Å². The summed E-state index contributed by atoms with van der Waals surface area (Å²) in [5.41, 5.74) is 2.48. The van der Waals surface area contributed by atoms with Crippen molar-refractivity contribution in [3.05, 3.63) is 89.5 Å². The maximum absolute atomic E-state index is 13.0. The number of ketones is 1. The van der Waals surface area contributed by atoms with E-state index >= 15 is 0 Å². The minimum Gasteiger partial charge on any atom is -0.321 e. The lowest BCUT2D eigenvalue weighted by Crippen LogP contribution is -2.21. The highest BCUT2D eigenvalue weighted by Crippen LogP contribution is 2.30. The molecule has 1 aliphatic heterocycles. The number of fused-ring (bicyclic) bond motifs is 4. The molecule has 0 spiro atoms. The van der Waals surface area contributed by atoms with Gasteiger partial charge in [0.15, 0.2) is 5.78 Å². The second-order valence-electron chi connectivity index (χ2n) is 6.66. The average Bonchev–Trinajstić information content (AvgIpc) is 2.66. The van der Waals surface area contributed by atoms with Crippen molar-refractivity contribution in [3.63, 3.8) is 0 Å². The Balaban J connectivity index is 1.71. The number of benzene rings is 4. The molecule has 0 radical (unpaired) electrons. The second kappa shape index (κ2) is 5.53. The molecule has 1 aliphatic rings. The number of nitrogens with one attached hydrogen (secondary N) is 1. The molecule has 0 unspecified atom stereocenters. The van der Waals surface area contributed by atoms with Gasteiger partial charge in [-0.1, -0.05) is 48.5 Å². The molecule has 3 nitrogen and oxygen atoms in total. The first-order valence-corrected chi connectivity index (χ1v) is 8.58. The van der Waals surface area contributed by atoms with Crippen molar-refractivity contribution in [1.82, 2.24) is 0 Å². The van der Waals surface area contributed by atoms with Crippen LogP contribution in [0.15, 0.2) is 72.8 Å². The van der Waals surface area contributed by atoms with Crippen LogP contribution in [-0.4, -0.2) is 11.7 Å². The van der Waals surface area contributed by atoms with Crippen LogP contribution >= 0.6 is 0 Å². The number of Topliss-reactive ketones (excluding diaryl/α,β-unsaturated/α-hetero) is 1.